The van der Waals surface area contributed by atoms with Crippen molar-refractivity contribution in [1.29, 1.82) is 0 Å². The Labute approximate surface area is 124 Å². The summed E-state index contributed by atoms with van der Waals surface area (Å²) in [5, 5.41) is 0. The molecule has 2 rings (SSSR count). The van der Waals surface area contributed by atoms with Crippen molar-refractivity contribution in [2.75, 3.05) is 6.61 Å². The van der Waals surface area contributed by atoms with Crippen molar-refractivity contribution in [2.45, 2.75) is 37.3 Å². The predicted molar refractivity (Wildman–Crippen MR) is 79.1 cm³/mol. The van der Waals surface area contributed by atoms with Gasteiger partial charge in [-0.05, 0) is 31.2 Å². The number of ether oxygens (including phenoxy) is 1. The zero-order valence-electron chi connectivity index (χ0n) is 12.4. The number of hydrogen-bond acceptors (Lipinski definition) is 5. The summed E-state index contributed by atoms with van der Waals surface area (Å²) in [7, 11) is -3.47. The van der Waals surface area contributed by atoms with Crippen molar-refractivity contribution in [3.63, 3.8) is 0 Å². The first-order chi connectivity index (χ1) is 9.92. The summed E-state index contributed by atoms with van der Waals surface area (Å²) in [6.07, 6.45) is 1.58. The van der Waals surface area contributed by atoms with E-state index in [0.717, 1.165) is 0 Å². The molecule has 2 aromatic rings. The topological polar surface area (TPSA) is 69.4 Å². The van der Waals surface area contributed by atoms with Gasteiger partial charge < -0.3 is 9.15 Å². The van der Waals surface area contributed by atoms with Crippen molar-refractivity contribution in [3.8, 4) is 5.75 Å². The molecule has 0 saturated carbocycles. The average Bonchev–Trinajstić information content (AvgIpc) is 2.88. The molecule has 0 aliphatic rings. The van der Waals surface area contributed by atoms with Gasteiger partial charge in [-0.15, -0.1) is 0 Å². The van der Waals surface area contributed by atoms with Crippen LogP contribution < -0.4 is 4.74 Å². The molecule has 1 heterocycles. The second-order valence-corrected chi connectivity index (χ2v) is 6.96. The van der Waals surface area contributed by atoms with Crippen LogP contribution in [0.15, 0.2) is 39.8 Å². The third-order valence-electron chi connectivity index (χ3n) is 2.95. The first kappa shape index (κ1) is 15.6. The minimum atomic E-state index is -3.47. The molecule has 0 unspecified atom stereocenters. The fourth-order valence-corrected chi connectivity index (χ4v) is 2.99. The molecule has 0 bridgehead atoms. The maximum absolute atomic E-state index is 12.3. The number of oxazole rings is 1. The van der Waals surface area contributed by atoms with Crippen molar-refractivity contribution in [2.24, 2.45) is 0 Å². The van der Waals surface area contributed by atoms with Gasteiger partial charge in [-0.2, -0.15) is 0 Å². The Bertz CT molecular complexity index is 687. The lowest BCUT2D eigenvalue weighted by molar-refractivity contribution is 0.340. The Morgan fingerprint density at radius 1 is 1.24 bits per heavy atom. The van der Waals surface area contributed by atoms with Crippen LogP contribution in [0.3, 0.4) is 0 Å². The maximum Gasteiger partial charge on any atom is 0.209 e. The molecule has 0 amide bonds. The Hall–Kier alpha value is -1.82. The van der Waals surface area contributed by atoms with Crippen LogP contribution in [0.25, 0.3) is 0 Å². The number of benzene rings is 1. The second kappa shape index (κ2) is 6.30. The Morgan fingerprint density at radius 2 is 1.90 bits per heavy atom. The molecule has 0 fully saturated rings. The molecule has 0 saturated heterocycles. The van der Waals surface area contributed by atoms with Crippen LogP contribution in [-0.2, 0) is 15.6 Å². The van der Waals surface area contributed by atoms with E-state index in [9.17, 15) is 8.42 Å². The van der Waals surface area contributed by atoms with Crippen molar-refractivity contribution >= 4 is 9.84 Å². The van der Waals surface area contributed by atoms with Gasteiger partial charge in [-0.25, -0.2) is 13.4 Å². The van der Waals surface area contributed by atoms with Gasteiger partial charge in [0.25, 0.3) is 0 Å². The van der Waals surface area contributed by atoms with Gasteiger partial charge in [0.15, 0.2) is 9.84 Å². The van der Waals surface area contributed by atoms with Gasteiger partial charge in [-0.3, -0.25) is 0 Å². The van der Waals surface area contributed by atoms with Crippen LogP contribution >= 0.6 is 0 Å². The first-order valence-corrected chi connectivity index (χ1v) is 8.48. The minimum absolute atomic E-state index is 0.180. The number of nitrogens with zero attached hydrogens (tertiary/aromatic N) is 1. The minimum Gasteiger partial charge on any atom is -0.494 e. The molecule has 114 valence electrons. The largest absolute Gasteiger partial charge is 0.494 e. The van der Waals surface area contributed by atoms with Gasteiger partial charge in [0.2, 0.25) is 5.89 Å². The highest BCUT2D eigenvalue weighted by atomic mass is 32.2. The van der Waals surface area contributed by atoms with E-state index in [1.807, 2.05) is 20.8 Å². The van der Waals surface area contributed by atoms with E-state index in [1.165, 1.54) is 12.1 Å². The van der Waals surface area contributed by atoms with Gasteiger partial charge in [0.05, 0.1) is 17.7 Å². The summed E-state index contributed by atoms with van der Waals surface area (Å²) in [6.45, 7) is 6.34. The number of aromatic nitrogens is 1. The lowest BCUT2D eigenvalue weighted by Crippen LogP contribution is -2.05. The molecule has 0 aliphatic heterocycles. The third-order valence-corrected chi connectivity index (χ3v) is 4.57. The molecule has 0 radical (unpaired) electrons. The van der Waals surface area contributed by atoms with E-state index < -0.39 is 9.84 Å². The lowest BCUT2D eigenvalue weighted by Gasteiger charge is -2.05. The molecule has 0 spiro atoms. The van der Waals surface area contributed by atoms with Crippen molar-refractivity contribution in [1.82, 2.24) is 4.98 Å². The molecule has 0 aliphatic carbocycles. The van der Waals surface area contributed by atoms with E-state index in [2.05, 4.69) is 4.98 Å². The number of hydrogen-bond donors (Lipinski definition) is 0. The van der Waals surface area contributed by atoms with Crippen LogP contribution in [0.1, 0.15) is 38.3 Å². The predicted octanol–water partition coefficient (Wildman–Crippen LogP) is 3.17. The molecule has 0 N–H and O–H groups in total. The highest BCUT2D eigenvalue weighted by molar-refractivity contribution is 7.90. The summed E-state index contributed by atoms with van der Waals surface area (Å²) in [6, 6.07) is 6.36. The molecule has 1 aromatic heterocycles. The summed E-state index contributed by atoms with van der Waals surface area (Å²) in [5.41, 5.74) is 0. The normalized spacial score (nSPS) is 11.8. The average molecular weight is 309 g/mol. The summed E-state index contributed by atoms with van der Waals surface area (Å²) < 4.78 is 35.4. The van der Waals surface area contributed by atoms with Crippen molar-refractivity contribution in [3.05, 3.63) is 42.1 Å². The summed E-state index contributed by atoms with van der Waals surface area (Å²) >= 11 is 0. The van der Waals surface area contributed by atoms with Gasteiger partial charge >= 0.3 is 0 Å². The number of sulfone groups is 1. The Balaban J connectivity index is 2.17. The van der Waals surface area contributed by atoms with Gasteiger partial charge in [-0.1, -0.05) is 13.8 Å². The van der Waals surface area contributed by atoms with Crippen LogP contribution in [-0.4, -0.2) is 20.0 Å². The fraction of sp³-hybridized carbons (Fsp3) is 0.400. The Morgan fingerprint density at radius 3 is 2.43 bits per heavy atom. The van der Waals surface area contributed by atoms with E-state index >= 15 is 0 Å². The summed E-state index contributed by atoms with van der Waals surface area (Å²) in [4.78, 5) is 4.26. The summed E-state index contributed by atoms with van der Waals surface area (Å²) in [5.74, 6) is 1.49. The third kappa shape index (κ3) is 3.85. The molecular formula is C15H19NO4S. The van der Waals surface area contributed by atoms with Crippen molar-refractivity contribution < 1.29 is 17.6 Å². The van der Waals surface area contributed by atoms with Crippen LogP contribution in [0.4, 0.5) is 0 Å². The molecular weight excluding hydrogens is 290 g/mol. The standard InChI is InChI=1S/C15H19NO4S/c1-4-19-12-5-7-13(8-6-12)21(17,18)10-15-16-9-14(20-15)11(2)3/h5-9,11H,4,10H2,1-3H3. The smallest absolute Gasteiger partial charge is 0.209 e. The number of rotatable bonds is 6. The molecule has 5 nitrogen and oxygen atoms in total. The zero-order chi connectivity index (χ0) is 15.5. The molecule has 0 atom stereocenters. The van der Waals surface area contributed by atoms with Crippen LogP contribution in [0.2, 0.25) is 0 Å². The first-order valence-electron chi connectivity index (χ1n) is 6.82. The highest BCUT2D eigenvalue weighted by Crippen LogP contribution is 2.21. The van der Waals surface area contributed by atoms with E-state index in [1.54, 1.807) is 18.3 Å². The van der Waals surface area contributed by atoms with Gasteiger partial charge in [0.1, 0.15) is 17.3 Å². The second-order valence-electron chi connectivity index (χ2n) is 4.97. The molecule has 6 heteroatoms. The lowest BCUT2D eigenvalue weighted by atomic mass is 10.2. The maximum atomic E-state index is 12.3. The highest BCUT2D eigenvalue weighted by Gasteiger charge is 2.19. The SMILES string of the molecule is CCOc1ccc(S(=O)(=O)Cc2ncc(C(C)C)o2)cc1. The van der Waals surface area contributed by atoms with Crippen LogP contribution in [0, 0.1) is 0 Å². The van der Waals surface area contributed by atoms with Gasteiger partial charge in [0, 0.05) is 5.92 Å². The van der Waals surface area contributed by atoms with E-state index in [4.69, 9.17) is 9.15 Å². The van der Waals surface area contributed by atoms with E-state index in [0.29, 0.717) is 18.1 Å². The Kier molecular flexibility index (Phi) is 4.67. The van der Waals surface area contributed by atoms with E-state index in [-0.39, 0.29) is 22.5 Å². The molecule has 1 aromatic carbocycles. The monoisotopic (exact) mass is 309 g/mol. The fourth-order valence-electron chi connectivity index (χ4n) is 1.81. The molecule has 21 heavy (non-hydrogen) atoms. The zero-order valence-corrected chi connectivity index (χ0v) is 13.2. The van der Waals surface area contributed by atoms with Crippen LogP contribution in [0.5, 0.6) is 5.75 Å². The quantitative estimate of drug-likeness (QED) is 0.819.